The largest absolute Gasteiger partial charge is 0.493 e. The fourth-order valence-electron chi connectivity index (χ4n) is 2.50. The average Bonchev–Trinajstić information content (AvgIpc) is 3.21. The minimum absolute atomic E-state index is 0. The zero-order valence-corrected chi connectivity index (χ0v) is 17.5. The van der Waals surface area contributed by atoms with Crippen LogP contribution in [0.2, 0.25) is 0 Å². The SMILES string of the molecule is COc1ccc(NC(N)=NCc2cccc(-n3cccn3)c2)cc1OC.I. The summed E-state index contributed by atoms with van der Waals surface area (Å²) in [7, 11) is 3.18. The van der Waals surface area contributed by atoms with E-state index in [1.54, 1.807) is 31.2 Å². The third-order valence-corrected chi connectivity index (χ3v) is 3.77. The second kappa shape index (κ2) is 9.81. The van der Waals surface area contributed by atoms with E-state index in [1.165, 1.54) is 0 Å². The van der Waals surface area contributed by atoms with Crippen LogP contribution in [0, 0.1) is 0 Å². The Morgan fingerprint density at radius 1 is 1.11 bits per heavy atom. The van der Waals surface area contributed by atoms with Crippen LogP contribution in [-0.2, 0) is 6.54 Å². The molecule has 8 heteroatoms. The fourth-order valence-corrected chi connectivity index (χ4v) is 2.50. The van der Waals surface area contributed by atoms with Crippen molar-refractivity contribution in [2.75, 3.05) is 19.5 Å². The number of benzene rings is 2. The molecular weight excluding hydrogens is 457 g/mol. The van der Waals surface area contributed by atoms with E-state index >= 15 is 0 Å². The van der Waals surface area contributed by atoms with E-state index in [0.717, 1.165) is 16.9 Å². The van der Waals surface area contributed by atoms with Crippen molar-refractivity contribution < 1.29 is 9.47 Å². The van der Waals surface area contributed by atoms with Gasteiger partial charge in [0.2, 0.25) is 0 Å². The van der Waals surface area contributed by atoms with E-state index in [1.807, 2.05) is 48.7 Å². The molecule has 142 valence electrons. The Morgan fingerprint density at radius 3 is 2.63 bits per heavy atom. The van der Waals surface area contributed by atoms with Crippen LogP contribution in [0.25, 0.3) is 5.69 Å². The molecule has 1 aromatic heterocycles. The van der Waals surface area contributed by atoms with Crippen molar-refractivity contribution in [3.05, 3.63) is 66.5 Å². The number of aliphatic imine (C=N–C) groups is 1. The molecular formula is C19H22IN5O2. The number of halogens is 1. The highest BCUT2D eigenvalue weighted by molar-refractivity contribution is 14.0. The van der Waals surface area contributed by atoms with E-state index in [2.05, 4.69) is 15.4 Å². The standard InChI is InChI=1S/C19H21N5O2.HI/c1-25-17-8-7-15(12-18(17)26-2)23-19(20)21-13-14-5-3-6-16(11-14)24-10-4-9-22-24;/h3-12H,13H2,1-2H3,(H3,20,21,23);1H. The lowest BCUT2D eigenvalue weighted by atomic mass is 10.2. The van der Waals surface area contributed by atoms with Crippen molar-refractivity contribution in [3.8, 4) is 17.2 Å². The Morgan fingerprint density at radius 2 is 1.93 bits per heavy atom. The number of rotatable bonds is 6. The van der Waals surface area contributed by atoms with E-state index in [4.69, 9.17) is 15.2 Å². The summed E-state index contributed by atoms with van der Waals surface area (Å²) in [4.78, 5) is 4.39. The van der Waals surface area contributed by atoms with Gasteiger partial charge in [-0.05, 0) is 35.9 Å². The molecule has 0 spiro atoms. The molecule has 7 nitrogen and oxygen atoms in total. The number of nitrogens with one attached hydrogen (secondary N) is 1. The quantitative estimate of drug-likeness (QED) is 0.322. The molecule has 0 atom stereocenters. The zero-order chi connectivity index (χ0) is 18.4. The third-order valence-electron chi connectivity index (χ3n) is 3.77. The summed E-state index contributed by atoms with van der Waals surface area (Å²) >= 11 is 0. The van der Waals surface area contributed by atoms with Gasteiger partial charge in [0, 0.05) is 24.1 Å². The van der Waals surface area contributed by atoms with Crippen LogP contribution in [0.4, 0.5) is 5.69 Å². The Hall–Kier alpha value is -2.75. The summed E-state index contributed by atoms with van der Waals surface area (Å²) < 4.78 is 12.3. The van der Waals surface area contributed by atoms with Crippen LogP contribution in [-0.4, -0.2) is 30.0 Å². The first-order chi connectivity index (χ1) is 12.7. The van der Waals surface area contributed by atoms with Gasteiger partial charge in [-0.1, -0.05) is 12.1 Å². The first-order valence-corrected chi connectivity index (χ1v) is 8.07. The highest BCUT2D eigenvalue weighted by Crippen LogP contribution is 2.29. The predicted molar refractivity (Wildman–Crippen MR) is 117 cm³/mol. The van der Waals surface area contributed by atoms with Crippen molar-refractivity contribution in [1.82, 2.24) is 9.78 Å². The van der Waals surface area contributed by atoms with Crippen molar-refractivity contribution in [2.24, 2.45) is 10.7 Å². The second-order valence-corrected chi connectivity index (χ2v) is 5.52. The number of nitrogens with zero attached hydrogens (tertiary/aromatic N) is 3. The summed E-state index contributed by atoms with van der Waals surface area (Å²) in [5, 5.41) is 7.29. The molecule has 27 heavy (non-hydrogen) atoms. The average molecular weight is 479 g/mol. The molecule has 3 N–H and O–H groups in total. The van der Waals surface area contributed by atoms with Crippen molar-refractivity contribution in [3.63, 3.8) is 0 Å². The number of anilines is 1. The number of nitrogens with two attached hydrogens (primary N) is 1. The maximum atomic E-state index is 6.00. The van der Waals surface area contributed by atoms with E-state index in [0.29, 0.717) is 24.0 Å². The Balaban J connectivity index is 0.00000261. The molecule has 0 aliphatic rings. The normalized spacial score (nSPS) is 10.8. The Kier molecular flexibility index (Phi) is 7.47. The molecule has 0 amide bonds. The van der Waals surface area contributed by atoms with Gasteiger partial charge < -0.3 is 20.5 Å². The molecule has 0 radical (unpaired) electrons. The molecule has 2 aromatic carbocycles. The molecule has 0 unspecified atom stereocenters. The van der Waals surface area contributed by atoms with Gasteiger partial charge in [-0.2, -0.15) is 5.10 Å². The van der Waals surface area contributed by atoms with E-state index in [9.17, 15) is 0 Å². The monoisotopic (exact) mass is 479 g/mol. The second-order valence-electron chi connectivity index (χ2n) is 5.52. The van der Waals surface area contributed by atoms with Gasteiger partial charge in [0.05, 0.1) is 26.5 Å². The molecule has 3 aromatic rings. The number of methoxy groups -OCH3 is 2. The molecule has 0 aliphatic heterocycles. The first kappa shape index (κ1) is 20.6. The van der Waals surface area contributed by atoms with Crippen LogP contribution in [0.5, 0.6) is 11.5 Å². The molecule has 1 heterocycles. The number of aromatic nitrogens is 2. The smallest absolute Gasteiger partial charge is 0.193 e. The third kappa shape index (κ3) is 5.36. The van der Waals surface area contributed by atoms with Crippen LogP contribution < -0.4 is 20.5 Å². The van der Waals surface area contributed by atoms with Gasteiger partial charge >= 0.3 is 0 Å². The molecule has 0 aliphatic carbocycles. The highest BCUT2D eigenvalue weighted by Gasteiger charge is 2.05. The van der Waals surface area contributed by atoms with Crippen LogP contribution in [0.1, 0.15) is 5.56 Å². The topological polar surface area (TPSA) is 86.7 Å². The number of guanidine groups is 1. The summed E-state index contributed by atoms with van der Waals surface area (Å²) in [6.07, 6.45) is 3.64. The van der Waals surface area contributed by atoms with Gasteiger partial charge in [-0.25, -0.2) is 9.67 Å². The predicted octanol–water partition coefficient (Wildman–Crippen LogP) is 3.43. The Bertz CT molecular complexity index is 897. The Labute approximate surface area is 175 Å². The summed E-state index contributed by atoms with van der Waals surface area (Å²) in [5.41, 5.74) is 8.79. The minimum Gasteiger partial charge on any atom is -0.493 e. The van der Waals surface area contributed by atoms with Crippen LogP contribution in [0.3, 0.4) is 0 Å². The maximum absolute atomic E-state index is 6.00. The minimum atomic E-state index is 0. The molecule has 0 saturated heterocycles. The van der Waals surface area contributed by atoms with Crippen molar-refractivity contribution in [2.45, 2.75) is 6.54 Å². The fraction of sp³-hybridized carbons (Fsp3) is 0.158. The van der Waals surface area contributed by atoms with Gasteiger partial charge in [0.1, 0.15) is 0 Å². The van der Waals surface area contributed by atoms with Gasteiger partial charge in [0.25, 0.3) is 0 Å². The van der Waals surface area contributed by atoms with Gasteiger partial charge in [-0.3, -0.25) is 0 Å². The number of hydrogen-bond acceptors (Lipinski definition) is 4. The first-order valence-electron chi connectivity index (χ1n) is 8.07. The summed E-state index contributed by atoms with van der Waals surface area (Å²) in [6.45, 7) is 0.460. The molecule has 0 saturated carbocycles. The maximum Gasteiger partial charge on any atom is 0.193 e. The lowest BCUT2D eigenvalue weighted by molar-refractivity contribution is 0.355. The van der Waals surface area contributed by atoms with Crippen LogP contribution in [0.15, 0.2) is 65.9 Å². The number of ether oxygens (including phenoxy) is 2. The highest BCUT2D eigenvalue weighted by atomic mass is 127. The lowest BCUT2D eigenvalue weighted by Crippen LogP contribution is -2.22. The van der Waals surface area contributed by atoms with Crippen molar-refractivity contribution in [1.29, 1.82) is 0 Å². The van der Waals surface area contributed by atoms with Gasteiger partial charge in [0.15, 0.2) is 17.5 Å². The number of hydrogen-bond donors (Lipinski definition) is 2. The molecule has 0 fully saturated rings. The molecule has 3 rings (SSSR count). The summed E-state index contributed by atoms with van der Waals surface area (Å²) in [6, 6.07) is 15.3. The zero-order valence-electron chi connectivity index (χ0n) is 15.1. The lowest BCUT2D eigenvalue weighted by Gasteiger charge is -2.11. The van der Waals surface area contributed by atoms with E-state index in [-0.39, 0.29) is 24.0 Å². The molecule has 0 bridgehead atoms. The van der Waals surface area contributed by atoms with Crippen molar-refractivity contribution >= 4 is 35.6 Å². The van der Waals surface area contributed by atoms with Crippen LogP contribution >= 0.6 is 24.0 Å². The van der Waals surface area contributed by atoms with E-state index < -0.39 is 0 Å². The van der Waals surface area contributed by atoms with Gasteiger partial charge in [-0.15, -0.1) is 24.0 Å². The summed E-state index contributed by atoms with van der Waals surface area (Å²) in [5.74, 6) is 1.60.